The van der Waals surface area contributed by atoms with Gasteiger partial charge in [-0.1, -0.05) is 0 Å². The summed E-state index contributed by atoms with van der Waals surface area (Å²) in [6.45, 7) is 5.55. The molecule has 0 aliphatic carbocycles. The summed E-state index contributed by atoms with van der Waals surface area (Å²) in [5, 5.41) is 0. The fraction of sp³-hybridized carbons (Fsp3) is 0.438. The first kappa shape index (κ1) is 15.0. The Kier molecular flexibility index (Phi) is 4.70. The molecule has 2 aromatic rings. The molecule has 1 aromatic heterocycles. The van der Waals surface area contributed by atoms with Crippen molar-refractivity contribution in [2.24, 2.45) is 0 Å². The molecule has 0 spiro atoms. The van der Waals surface area contributed by atoms with Crippen molar-refractivity contribution >= 4 is 0 Å². The summed E-state index contributed by atoms with van der Waals surface area (Å²) in [6, 6.07) is 4.69. The van der Waals surface area contributed by atoms with Crippen LogP contribution >= 0.6 is 0 Å². The molecule has 3 rings (SSSR count). The number of nitrogens with one attached hydrogen (secondary N) is 1. The number of imidazole rings is 1. The second-order valence-electron chi connectivity index (χ2n) is 5.59. The van der Waals surface area contributed by atoms with Gasteiger partial charge in [0.25, 0.3) is 0 Å². The molecule has 5 nitrogen and oxygen atoms in total. The summed E-state index contributed by atoms with van der Waals surface area (Å²) < 4.78 is 18.7. The van der Waals surface area contributed by atoms with E-state index < -0.39 is 0 Å². The Balaban J connectivity index is 1.54. The molecule has 1 saturated heterocycles. The van der Waals surface area contributed by atoms with Gasteiger partial charge in [-0.15, -0.1) is 0 Å². The lowest BCUT2D eigenvalue weighted by atomic mass is 10.1. The van der Waals surface area contributed by atoms with Crippen LogP contribution < -0.4 is 4.74 Å². The lowest BCUT2D eigenvalue weighted by Gasteiger charge is -2.34. The smallest absolute Gasteiger partial charge is 0.123 e. The standard InChI is InChI=1S/C16H21FN4O/c1-22-16-3-2-14(17)8-13(16)10-20-4-6-21(7-5-20)11-15-9-18-12-19-15/h2-3,8-9,12H,4-7,10-11H2,1H3,(H,18,19). The predicted molar refractivity (Wildman–Crippen MR) is 82.1 cm³/mol. The fourth-order valence-corrected chi connectivity index (χ4v) is 2.83. The number of ether oxygens (including phenoxy) is 1. The average Bonchev–Trinajstić information content (AvgIpc) is 3.02. The van der Waals surface area contributed by atoms with Gasteiger partial charge in [0.1, 0.15) is 11.6 Å². The topological polar surface area (TPSA) is 44.4 Å². The highest BCUT2D eigenvalue weighted by atomic mass is 19.1. The summed E-state index contributed by atoms with van der Waals surface area (Å²) in [7, 11) is 1.62. The second kappa shape index (κ2) is 6.89. The van der Waals surface area contributed by atoms with Gasteiger partial charge in [0.15, 0.2) is 0 Å². The number of aromatic amines is 1. The van der Waals surface area contributed by atoms with E-state index in [1.54, 1.807) is 25.6 Å². The van der Waals surface area contributed by atoms with Crippen LogP contribution in [0.5, 0.6) is 5.75 Å². The number of halogens is 1. The molecule has 0 saturated carbocycles. The fourth-order valence-electron chi connectivity index (χ4n) is 2.83. The Labute approximate surface area is 129 Å². The van der Waals surface area contributed by atoms with E-state index in [1.165, 1.54) is 6.07 Å². The molecular formula is C16H21FN4O. The first-order valence-electron chi connectivity index (χ1n) is 7.49. The molecule has 1 N–H and O–H groups in total. The van der Waals surface area contributed by atoms with Crippen LogP contribution in [0.25, 0.3) is 0 Å². The maximum Gasteiger partial charge on any atom is 0.123 e. The number of benzene rings is 1. The molecule has 0 atom stereocenters. The minimum Gasteiger partial charge on any atom is -0.496 e. The number of piperazine rings is 1. The van der Waals surface area contributed by atoms with Crippen LogP contribution in [0, 0.1) is 5.82 Å². The molecule has 1 aliphatic rings. The van der Waals surface area contributed by atoms with Gasteiger partial charge < -0.3 is 9.72 Å². The van der Waals surface area contributed by atoms with E-state index in [0.717, 1.165) is 56.3 Å². The van der Waals surface area contributed by atoms with Gasteiger partial charge in [0.2, 0.25) is 0 Å². The Morgan fingerprint density at radius 1 is 1.18 bits per heavy atom. The van der Waals surface area contributed by atoms with Gasteiger partial charge in [-0.2, -0.15) is 0 Å². The highest BCUT2D eigenvalue weighted by Crippen LogP contribution is 2.21. The van der Waals surface area contributed by atoms with Crippen molar-refractivity contribution in [2.75, 3.05) is 33.3 Å². The lowest BCUT2D eigenvalue weighted by Crippen LogP contribution is -2.45. The van der Waals surface area contributed by atoms with Gasteiger partial charge in [-0.25, -0.2) is 9.37 Å². The monoisotopic (exact) mass is 304 g/mol. The summed E-state index contributed by atoms with van der Waals surface area (Å²) in [5.74, 6) is 0.537. The summed E-state index contributed by atoms with van der Waals surface area (Å²) in [4.78, 5) is 11.9. The van der Waals surface area contributed by atoms with Gasteiger partial charge in [0.05, 0.1) is 13.4 Å². The Morgan fingerprint density at radius 3 is 2.55 bits per heavy atom. The van der Waals surface area contributed by atoms with Crippen molar-refractivity contribution in [3.05, 3.63) is 47.8 Å². The largest absolute Gasteiger partial charge is 0.496 e. The normalized spacial score (nSPS) is 16.8. The average molecular weight is 304 g/mol. The summed E-state index contributed by atoms with van der Waals surface area (Å²) in [5.41, 5.74) is 2.05. The van der Waals surface area contributed by atoms with E-state index in [9.17, 15) is 4.39 Å². The van der Waals surface area contributed by atoms with E-state index >= 15 is 0 Å². The van der Waals surface area contributed by atoms with Crippen LogP contribution in [-0.4, -0.2) is 53.1 Å². The maximum atomic E-state index is 13.4. The van der Waals surface area contributed by atoms with Crippen molar-refractivity contribution in [3.63, 3.8) is 0 Å². The molecular weight excluding hydrogens is 283 g/mol. The van der Waals surface area contributed by atoms with Crippen LogP contribution in [0.1, 0.15) is 11.3 Å². The second-order valence-corrected chi connectivity index (χ2v) is 5.59. The maximum absolute atomic E-state index is 13.4. The molecule has 22 heavy (non-hydrogen) atoms. The lowest BCUT2D eigenvalue weighted by molar-refractivity contribution is 0.120. The van der Waals surface area contributed by atoms with Crippen molar-refractivity contribution in [3.8, 4) is 5.75 Å². The van der Waals surface area contributed by atoms with E-state index in [4.69, 9.17) is 4.74 Å². The van der Waals surface area contributed by atoms with E-state index in [-0.39, 0.29) is 5.82 Å². The van der Waals surface area contributed by atoms with Crippen molar-refractivity contribution in [1.29, 1.82) is 0 Å². The quantitative estimate of drug-likeness (QED) is 0.916. The molecule has 0 radical (unpaired) electrons. The first-order chi connectivity index (χ1) is 10.7. The molecule has 2 heterocycles. The number of aromatic nitrogens is 2. The molecule has 1 aromatic carbocycles. The van der Waals surface area contributed by atoms with Gasteiger partial charge in [-0.3, -0.25) is 9.80 Å². The molecule has 0 amide bonds. The zero-order chi connectivity index (χ0) is 15.4. The van der Waals surface area contributed by atoms with Gasteiger partial charge in [0, 0.05) is 56.7 Å². The Morgan fingerprint density at radius 2 is 1.91 bits per heavy atom. The van der Waals surface area contributed by atoms with Crippen molar-refractivity contribution in [1.82, 2.24) is 19.8 Å². The molecule has 118 valence electrons. The highest BCUT2D eigenvalue weighted by Gasteiger charge is 2.18. The van der Waals surface area contributed by atoms with Gasteiger partial charge in [-0.05, 0) is 18.2 Å². The molecule has 1 aliphatic heterocycles. The highest BCUT2D eigenvalue weighted by molar-refractivity contribution is 5.33. The van der Waals surface area contributed by atoms with E-state index in [0.29, 0.717) is 0 Å². The predicted octanol–water partition coefficient (Wildman–Crippen LogP) is 1.88. The number of hydrogen-bond acceptors (Lipinski definition) is 4. The number of H-pyrrole nitrogens is 1. The van der Waals surface area contributed by atoms with Crippen LogP contribution in [0.15, 0.2) is 30.7 Å². The third kappa shape index (κ3) is 3.64. The first-order valence-corrected chi connectivity index (χ1v) is 7.49. The Hall–Kier alpha value is -1.92. The van der Waals surface area contributed by atoms with Crippen molar-refractivity contribution in [2.45, 2.75) is 13.1 Å². The minimum absolute atomic E-state index is 0.214. The summed E-state index contributed by atoms with van der Waals surface area (Å²) >= 11 is 0. The molecule has 0 bridgehead atoms. The Bertz CT molecular complexity index is 594. The molecule has 1 fully saturated rings. The minimum atomic E-state index is -0.214. The third-order valence-corrected chi connectivity index (χ3v) is 4.05. The summed E-state index contributed by atoms with van der Waals surface area (Å²) in [6.07, 6.45) is 3.58. The molecule has 0 unspecified atom stereocenters. The van der Waals surface area contributed by atoms with Crippen LogP contribution in [-0.2, 0) is 13.1 Å². The van der Waals surface area contributed by atoms with E-state index in [2.05, 4.69) is 19.8 Å². The van der Waals surface area contributed by atoms with E-state index in [1.807, 2.05) is 6.20 Å². The van der Waals surface area contributed by atoms with Crippen LogP contribution in [0.4, 0.5) is 4.39 Å². The SMILES string of the molecule is COc1ccc(F)cc1CN1CCN(Cc2cnc[nH]2)CC1. The zero-order valence-corrected chi connectivity index (χ0v) is 12.8. The number of rotatable bonds is 5. The van der Waals surface area contributed by atoms with Gasteiger partial charge >= 0.3 is 0 Å². The third-order valence-electron chi connectivity index (χ3n) is 4.05. The van der Waals surface area contributed by atoms with Crippen LogP contribution in [0.2, 0.25) is 0 Å². The molecule has 6 heteroatoms. The zero-order valence-electron chi connectivity index (χ0n) is 12.8. The van der Waals surface area contributed by atoms with Crippen LogP contribution in [0.3, 0.4) is 0 Å². The number of methoxy groups -OCH3 is 1. The van der Waals surface area contributed by atoms with Crippen molar-refractivity contribution < 1.29 is 9.13 Å². The number of hydrogen-bond donors (Lipinski definition) is 1. The number of nitrogens with zero attached hydrogens (tertiary/aromatic N) is 3.